The quantitative estimate of drug-likeness (QED) is 0.844. The summed E-state index contributed by atoms with van der Waals surface area (Å²) in [5.74, 6) is 0.508. The van der Waals surface area contributed by atoms with Crippen LogP contribution in [-0.4, -0.2) is 29.8 Å². The predicted octanol–water partition coefficient (Wildman–Crippen LogP) is 4.14. The highest BCUT2D eigenvalue weighted by Gasteiger charge is 2.33. The Balaban J connectivity index is 1.46. The summed E-state index contributed by atoms with van der Waals surface area (Å²) in [6.07, 6.45) is 5.85. The molecule has 1 aliphatic heterocycles. The van der Waals surface area contributed by atoms with Crippen LogP contribution in [0.2, 0.25) is 0 Å². The molecule has 0 radical (unpaired) electrons. The number of ketones is 1. The number of benzene rings is 2. The number of hydrogen-bond donors (Lipinski definition) is 0. The largest absolute Gasteiger partial charge is 0.299 e. The van der Waals surface area contributed by atoms with Crippen molar-refractivity contribution in [3.8, 4) is 0 Å². The van der Waals surface area contributed by atoms with Crippen molar-refractivity contribution in [1.82, 2.24) is 4.90 Å². The van der Waals surface area contributed by atoms with Crippen molar-refractivity contribution in [2.24, 2.45) is 5.92 Å². The van der Waals surface area contributed by atoms with Crippen LogP contribution in [0.4, 0.5) is 0 Å². The van der Waals surface area contributed by atoms with Gasteiger partial charge in [-0.2, -0.15) is 0 Å². The average Bonchev–Trinajstić information content (AvgIpc) is 2.94. The minimum absolute atomic E-state index is 0.152. The van der Waals surface area contributed by atoms with E-state index in [-0.39, 0.29) is 5.92 Å². The van der Waals surface area contributed by atoms with Crippen LogP contribution in [0, 0.1) is 5.92 Å². The molecule has 2 atom stereocenters. The fraction of sp³-hybridized carbons (Fsp3) is 0.409. The van der Waals surface area contributed by atoms with Gasteiger partial charge in [0.05, 0.1) is 0 Å². The van der Waals surface area contributed by atoms with Gasteiger partial charge in [0.2, 0.25) is 0 Å². The van der Waals surface area contributed by atoms with Crippen molar-refractivity contribution >= 4 is 5.78 Å². The van der Waals surface area contributed by atoms with Crippen LogP contribution in [0.1, 0.15) is 40.7 Å². The molecule has 2 aromatic carbocycles. The first-order chi connectivity index (χ1) is 11.8. The van der Waals surface area contributed by atoms with Gasteiger partial charge >= 0.3 is 0 Å². The number of nitrogens with zero attached hydrogens (tertiary/aromatic N) is 1. The van der Waals surface area contributed by atoms with Gasteiger partial charge in [0.1, 0.15) is 0 Å². The maximum Gasteiger partial charge on any atom is 0.167 e. The third-order valence-corrected chi connectivity index (χ3v) is 5.64. The van der Waals surface area contributed by atoms with Gasteiger partial charge in [-0.1, -0.05) is 61.0 Å². The van der Waals surface area contributed by atoms with Gasteiger partial charge in [0, 0.05) is 24.1 Å². The van der Waals surface area contributed by atoms with E-state index in [2.05, 4.69) is 41.3 Å². The molecule has 1 heterocycles. The third kappa shape index (κ3) is 3.16. The molecule has 1 fully saturated rings. The van der Waals surface area contributed by atoms with Gasteiger partial charge in [-0.15, -0.1) is 0 Å². The molecule has 1 saturated heterocycles. The lowest BCUT2D eigenvalue weighted by Gasteiger charge is -2.37. The number of fused-ring (bicyclic) bond motifs is 1. The molecule has 124 valence electrons. The zero-order valence-electron chi connectivity index (χ0n) is 14.2. The SMILES string of the molecule is O=C1c2ccccc2CC1CN1CCCCC1Cc1ccccc1. The van der Waals surface area contributed by atoms with Gasteiger partial charge in [-0.3, -0.25) is 9.69 Å². The van der Waals surface area contributed by atoms with Gasteiger partial charge in [-0.05, 0) is 43.4 Å². The van der Waals surface area contributed by atoms with Crippen molar-refractivity contribution < 1.29 is 4.79 Å². The van der Waals surface area contributed by atoms with Crippen LogP contribution < -0.4 is 0 Å². The highest BCUT2D eigenvalue weighted by atomic mass is 16.1. The topological polar surface area (TPSA) is 20.3 Å². The molecule has 0 aromatic heterocycles. The highest BCUT2D eigenvalue weighted by molar-refractivity contribution is 6.02. The smallest absolute Gasteiger partial charge is 0.167 e. The second-order valence-electron chi connectivity index (χ2n) is 7.26. The molecule has 2 unspecified atom stereocenters. The molecule has 0 spiro atoms. The Hall–Kier alpha value is -1.93. The molecule has 4 rings (SSSR count). The first-order valence-electron chi connectivity index (χ1n) is 9.21. The second-order valence-corrected chi connectivity index (χ2v) is 7.26. The number of piperidine rings is 1. The van der Waals surface area contributed by atoms with E-state index in [1.807, 2.05) is 18.2 Å². The number of rotatable bonds is 4. The Morgan fingerprint density at radius 2 is 1.75 bits per heavy atom. The summed E-state index contributed by atoms with van der Waals surface area (Å²) in [5, 5.41) is 0. The fourth-order valence-corrected chi connectivity index (χ4v) is 4.36. The van der Waals surface area contributed by atoms with Crippen molar-refractivity contribution in [3.05, 3.63) is 71.3 Å². The van der Waals surface area contributed by atoms with E-state index in [0.29, 0.717) is 11.8 Å². The number of carbonyl (C=O) groups excluding carboxylic acids is 1. The summed E-state index contributed by atoms with van der Waals surface area (Å²) in [4.78, 5) is 15.3. The Morgan fingerprint density at radius 3 is 2.58 bits per heavy atom. The van der Waals surface area contributed by atoms with E-state index in [4.69, 9.17) is 0 Å². The number of likely N-dealkylation sites (tertiary alicyclic amines) is 1. The Labute approximate surface area is 144 Å². The van der Waals surface area contributed by atoms with E-state index in [0.717, 1.165) is 31.5 Å². The van der Waals surface area contributed by atoms with Gasteiger partial charge in [0.25, 0.3) is 0 Å². The summed E-state index contributed by atoms with van der Waals surface area (Å²) in [7, 11) is 0. The summed E-state index contributed by atoms with van der Waals surface area (Å²) >= 11 is 0. The molecule has 1 aliphatic carbocycles. The van der Waals surface area contributed by atoms with E-state index in [9.17, 15) is 4.79 Å². The lowest BCUT2D eigenvalue weighted by Crippen LogP contribution is -2.44. The van der Waals surface area contributed by atoms with Crippen LogP contribution in [0.25, 0.3) is 0 Å². The molecular formula is C22H25NO. The predicted molar refractivity (Wildman–Crippen MR) is 97.3 cm³/mol. The first-order valence-corrected chi connectivity index (χ1v) is 9.21. The lowest BCUT2D eigenvalue weighted by molar-refractivity contribution is 0.0828. The molecule has 2 aromatic rings. The minimum atomic E-state index is 0.152. The third-order valence-electron chi connectivity index (χ3n) is 5.64. The molecule has 2 aliphatic rings. The normalized spacial score (nSPS) is 24.1. The Morgan fingerprint density at radius 1 is 0.958 bits per heavy atom. The monoisotopic (exact) mass is 319 g/mol. The van der Waals surface area contributed by atoms with Crippen LogP contribution in [0.5, 0.6) is 0 Å². The molecule has 0 N–H and O–H groups in total. The Kier molecular flexibility index (Phi) is 4.48. The molecule has 2 nitrogen and oxygen atoms in total. The maximum atomic E-state index is 12.7. The van der Waals surface area contributed by atoms with Crippen LogP contribution >= 0.6 is 0 Å². The van der Waals surface area contributed by atoms with Gasteiger partial charge in [0.15, 0.2) is 5.78 Å². The summed E-state index contributed by atoms with van der Waals surface area (Å²) in [5.41, 5.74) is 3.61. The molecular weight excluding hydrogens is 294 g/mol. The van der Waals surface area contributed by atoms with Crippen LogP contribution in [-0.2, 0) is 12.8 Å². The molecule has 0 bridgehead atoms. The first kappa shape index (κ1) is 15.6. The zero-order valence-corrected chi connectivity index (χ0v) is 14.2. The summed E-state index contributed by atoms with van der Waals surface area (Å²) in [6.45, 7) is 2.06. The van der Waals surface area contributed by atoms with Crippen LogP contribution in [0.15, 0.2) is 54.6 Å². The highest BCUT2D eigenvalue weighted by Crippen LogP contribution is 2.29. The molecule has 2 heteroatoms. The van der Waals surface area contributed by atoms with E-state index >= 15 is 0 Å². The minimum Gasteiger partial charge on any atom is -0.299 e. The maximum absolute atomic E-state index is 12.7. The standard InChI is InChI=1S/C22H25NO/c24-22-19(15-18-10-4-5-12-21(18)22)16-23-13-7-6-11-20(23)14-17-8-2-1-3-9-17/h1-5,8-10,12,19-20H,6-7,11,13-16H2. The van der Waals surface area contributed by atoms with Crippen molar-refractivity contribution in [3.63, 3.8) is 0 Å². The number of Topliss-reactive ketones (excluding diaryl/α,β-unsaturated/α-hetero) is 1. The van der Waals surface area contributed by atoms with Gasteiger partial charge in [-0.25, -0.2) is 0 Å². The average molecular weight is 319 g/mol. The molecule has 24 heavy (non-hydrogen) atoms. The van der Waals surface area contributed by atoms with Crippen LogP contribution in [0.3, 0.4) is 0 Å². The van der Waals surface area contributed by atoms with E-state index in [1.54, 1.807) is 0 Å². The zero-order chi connectivity index (χ0) is 16.4. The fourth-order valence-electron chi connectivity index (χ4n) is 4.36. The molecule has 0 saturated carbocycles. The molecule has 0 amide bonds. The second kappa shape index (κ2) is 6.90. The number of hydrogen-bond acceptors (Lipinski definition) is 2. The number of carbonyl (C=O) groups is 1. The van der Waals surface area contributed by atoms with Crippen molar-refractivity contribution in [1.29, 1.82) is 0 Å². The van der Waals surface area contributed by atoms with E-state index in [1.165, 1.54) is 30.4 Å². The lowest BCUT2D eigenvalue weighted by atomic mass is 9.93. The summed E-state index contributed by atoms with van der Waals surface area (Å²) < 4.78 is 0. The van der Waals surface area contributed by atoms with Crippen molar-refractivity contribution in [2.45, 2.75) is 38.1 Å². The van der Waals surface area contributed by atoms with Gasteiger partial charge < -0.3 is 0 Å². The Bertz CT molecular complexity index is 709. The van der Waals surface area contributed by atoms with Crippen molar-refractivity contribution in [2.75, 3.05) is 13.1 Å². The summed E-state index contributed by atoms with van der Waals surface area (Å²) in [6, 6.07) is 19.5. The van der Waals surface area contributed by atoms with E-state index < -0.39 is 0 Å².